The molecule has 0 aliphatic carbocycles. The highest BCUT2D eigenvalue weighted by molar-refractivity contribution is 5.85. The summed E-state index contributed by atoms with van der Waals surface area (Å²) in [5.74, 6) is -0.779. The van der Waals surface area contributed by atoms with Crippen LogP contribution in [0.5, 0.6) is 0 Å². The highest BCUT2D eigenvalue weighted by Gasteiger charge is 2.20. The largest absolute Gasteiger partial charge is 0.481 e. The van der Waals surface area contributed by atoms with Gasteiger partial charge in [-0.25, -0.2) is 0 Å². The Bertz CT molecular complexity index is 255. The Kier molecular flexibility index (Phi) is 7.86. The normalized spacial score (nSPS) is 16.4. The number of carboxylic acid groups (broad SMARTS) is 1. The summed E-state index contributed by atoms with van der Waals surface area (Å²) in [4.78, 5) is 25.7. The summed E-state index contributed by atoms with van der Waals surface area (Å²) in [5, 5.41) is 8.55. The lowest BCUT2D eigenvalue weighted by atomic mass is 10.3. The Morgan fingerprint density at radius 3 is 2.29 bits per heavy atom. The van der Waals surface area contributed by atoms with E-state index in [1.165, 1.54) is 7.11 Å². The number of nitrogens with zero attached hydrogens (tertiary/aromatic N) is 2. The zero-order valence-corrected chi connectivity index (χ0v) is 10.7. The van der Waals surface area contributed by atoms with Crippen LogP contribution >= 0.6 is 12.4 Å². The number of aliphatic carboxylic acids is 1. The number of halogens is 1. The van der Waals surface area contributed by atoms with Crippen LogP contribution in [0.25, 0.3) is 0 Å². The maximum absolute atomic E-state index is 11.5. The lowest BCUT2D eigenvalue weighted by Crippen LogP contribution is -2.49. The standard InChI is InChI=1S/C10H18N2O4.ClH/c1-16-8-9(13)12-6-4-11(5-7-12)3-2-10(14)15;/h2-8H2,1H3,(H,14,15);1H. The second-order valence-electron chi connectivity index (χ2n) is 3.80. The van der Waals surface area contributed by atoms with Gasteiger partial charge in [0.1, 0.15) is 6.61 Å². The second-order valence-corrected chi connectivity index (χ2v) is 3.80. The van der Waals surface area contributed by atoms with Crippen LogP contribution in [-0.2, 0) is 14.3 Å². The SMILES string of the molecule is COCC(=O)N1CCN(CCC(=O)O)CC1.Cl. The van der Waals surface area contributed by atoms with Gasteiger partial charge in [0.05, 0.1) is 6.42 Å². The summed E-state index contributed by atoms with van der Waals surface area (Å²) < 4.78 is 4.78. The molecule has 0 unspecified atom stereocenters. The quantitative estimate of drug-likeness (QED) is 0.738. The molecule has 0 atom stereocenters. The van der Waals surface area contributed by atoms with Crippen LogP contribution in [0, 0.1) is 0 Å². The van der Waals surface area contributed by atoms with E-state index in [0.717, 1.165) is 13.1 Å². The summed E-state index contributed by atoms with van der Waals surface area (Å²) in [6.07, 6.45) is 0.159. The fourth-order valence-electron chi connectivity index (χ4n) is 1.69. The van der Waals surface area contributed by atoms with Gasteiger partial charge in [0.2, 0.25) is 5.91 Å². The van der Waals surface area contributed by atoms with E-state index >= 15 is 0 Å². The van der Waals surface area contributed by atoms with Gasteiger partial charge in [0, 0.05) is 39.8 Å². The first kappa shape index (κ1) is 16.1. The number of carbonyl (C=O) groups excluding carboxylic acids is 1. The predicted molar refractivity (Wildman–Crippen MR) is 64.4 cm³/mol. The topological polar surface area (TPSA) is 70.1 Å². The summed E-state index contributed by atoms with van der Waals surface area (Å²) in [6, 6.07) is 0. The monoisotopic (exact) mass is 266 g/mol. The molecule has 1 aliphatic heterocycles. The molecule has 0 radical (unpaired) electrons. The third-order valence-corrected chi connectivity index (χ3v) is 2.63. The van der Waals surface area contributed by atoms with Crippen LogP contribution in [0.3, 0.4) is 0 Å². The number of piperazine rings is 1. The summed E-state index contributed by atoms with van der Waals surface area (Å²) in [7, 11) is 1.50. The molecule has 1 rings (SSSR count). The zero-order valence-electron chi connectivity index (χ0n) is 9.92. The van der Waals surface area contributed by atoms with Gasteiger partial charge in [0.25, 0.3) is 0 Å². The Labute approximate surface area is 107 Å². The highest BCUT2D eigenvalue weighted by Crippen LogP contribution is 2.03. The molecule has 7 heteroatoms. The van der Waals surface area contributed by atoms with E-state index in [1.54, 1.807) is 4.90 Å². The molecule has 0 spiro atoms. The molecule has 17 heavy (non-hydrogen) atoms. The van der Waals surface area contributed by atoms with Gasteiger partial charge in [-0.2, -0.15) is 0 Å². The molecule has 6 nitrogen and oxygen atoms in total. The van der Waals surface area contributed by atoms with Crippen molar-refractivity contribution >= 4 is 24.3 Å². The molecule has 1 amide bonds. The third-order valence-electron chi connectivity index (χ3n) is 2.63. The van der Waals surface area contributed by atoms with E-state index < -0.39 is 5.97 Å². The van der Waals surface area contributed by atoms with E-state index in [4.69, 9.17) is 9.84 Å². The van der Waals surface area contributed by atoms with Crippen molar-refractivity contribution in [2.45, 2.75) is 6.42 Å². The number of carbonyl (C=O) groups is 2. The van der Waals surface area contributed by atoms with E-state index in [2.05, 4.69) is 4.90 Å². The maximum Gasteiger partial charge on any atom is 0.304 e. The number of rotatable bonds is 5. The van der Waals surface area contributed by atoms with Gasteiger partial charge in [0.15, 0.2) is 0 Å². The summed E-state index contributed by atoms with van der Waals surface area (Å²) >= 11 is 0. The van der Waals surface area contributed by atoms with Crippen molar-refractivity contribution in [1.29, 1.82) is 0 Å². The minimum atomic E-state index is -0.780. The maximum atomic E-state index is 11.5. The van der Waals surface area contributed by atoms with Gasteiger partial charge < -0.3 is 14.7 Å². The van der Waals surface area contributed by atoms with Crippen molar-refractivity contribution in [2.24, 2.45) is 0 Å². The minimum Gasteiger partial charge on any atom is -0.481 e. The van der Waals surface area contributed by atoms with Crippen molar-refractivity contribution in [3.8, 4) is 0 Å². The van der Waals surface area contributed by atoms with Gasteiger partial charge >= 0.3 is 5.97 Å². The molecule has 1 saturated heterocycles. The molecule has 0 saturated carbocycles. The van der Waals surface area contributed by atoms with Gasteiger partial charge in [-0.15, -0.1) is 12.4 Å². The van der Waals surface area contributed by atoms with E-state index in [0.29, 0.717) is 19.6 Å². The molecule has 0 aromatic carbocycles. The molecular formula is C10H19ClN2O4. The van der Waals surface area contributed by atoms with Crippen molar-refractivity contribution in [3.63, 3.8) is 0 Å². The molecule has 100 valence electrons. The summed E-state index contributed by atoms with van der Waals surface area (Å²) in [5.41, 5.74) is 0. The molecule has 1 heterocycles. The van der Waals surface area contributed by atoms with Gasteiger partial charge in [-0.05, 0) is 0 Å². The molecular weight excluding hydrogens is 248 g/mol. The first-order chi connectivity index (χ1) is 7.63. The number of methoxy groups -OCH3 is 1. The molecule has 1 fully saturated rings. The fourth-order valence-corrected chi connectivity index (χ4v) is 1.69. The van der Waals surface area contributed by atoms with E-state index in [-0.39, 0.29) is 31.3 Å². The van der Waals surface area contributed by atoms with E-state index in [1.807, 2.05) is 0 Å². The van der Waals surface area contributed by atoms with E-state index in [9.17, 15) is 9.59 Å². The van der Waals surface area contributed by atoms with Gasteiger partial charge in [-0.3, -0.25) is 14.5 Å². The van der Waals surface area contributed by atoms with Crippen molar-refractivity contribution in [3.05, 3.63) is 0 Å². The molecule has 1 aliphatic rings. The van der Waals surface area contributed by atoms with Crippen LogP contribution < -0.4 is 0 Å². The van der Waals surface area contributed by atoms with Crippen LogP contribution in [0.2, 0.25) is 0 Å². The van der Waals surface area contributed by atoms with Crippen LogP contribution in [0.1, 0.15) is 6.42 Å². The average Bonchev–Trinajstić information content (AvgIpc) is 2.27. The van der Waals surface area contributed by atoms with Crippen LogP contribution in [0.15, 0.2) is 0 Å². The summed E-state index contributed by atoms with van der Waals surface area (Å²) in [6.45, 7) is 3.46. The highest BCUT2D eigenvalue weighted by atomic mass is 35.5. The molecule has 1 N–H and O–H groups in total. The van der Waals surface area contributed by atoms with Crippen molar-refractivity contribution < 1.29 is 19.4 Å². The second kappa shape index (κ2) is 8.27. The first-order valence-electron chi connectivity index (χ1n) is 5.34. The lowest BCUT2D eigenvalue weighted by Gasteiger charge is -2.34. The number of hydrogen-bond acceptors (Lipinski definition) is 4. The Hall–Kier alpha value is -0.850. The number of ether oxygens (including phenoxy) is 1. The van der Waals surface area contributed by atoms with Crippen LogP contribution in [0.4, 0.5) is 0 Å². The number of carboxylic acids is 1. The minimum absolute atomic E-state index is 0. The Balaban J connectivity index is 0.00000256. The number of hydrogen-bond donors (Lipinski definition) is 1. The number of amides is 1. The van der Waals surface area contributed by atoms with Crippen LogP contribution in [-0.4, -0.2) is 73.2 Å². The fraction of sp³-hybridized carbons (Fsp3) is 0.800. The molecule has 0 aromatic rings. The smallest absolute Gasteiger partial charge is 0.304 e. The Morgan fingerprint density at radius 2 is 1.82 bits per heavy atom. The zero-order chi connectivity index (χ0) is 12.0. The van der Waals surface area contributed by atoms with Crippen molar-refractivity contribution in [1.82, 2.24) is 9.80 Å². The van der Waals surface area contributed by atoms with Gasteiger partial charge in [-0.1, -0.05) is 0 Å². The lowest BCUT2D eigenvalue weighted by molar-refractivity contribution is -0.139. The van der Waals surface area contributed by atoms with Crippen molar-refractivity contribution in [2.75, 3.05) is 46.4 Å². The third kappa shape index (κ3) is 5.86. The predicted octanol–water partition coefficient (Wildman–Crippen LogP) is -0.326. The molecule has 0 aromatic heterocycles. The first-order valence-corrected chi connectivity index (χ1v) is 5.34. The average molecular weight is 267 g/mol. The molecule has 0 bridgehead atoms. The Morgan fingerprint density at radius 1 is 1.24 bits per heavy atom.